The molecule has 2 heterocycles. The van der Waals surface area contributed by atoms with Gasteiger partial charge in [-0.25, -0.2) is 8.78 Å². The lowest BCUT2D eigenvalue weighted by Gasteiger charge is -2.35. The van der Waals surface area contributed by atoms with Crippen LogP contribution in [0.4, 0.5) is 8.78 Å². The molecule has 9 heteroatoms. The van der Waals surface area contributed by atoms with Crippen LogP contribution >= 0.6 is 11.6 Å². The van der Waals surface area contributed by atoms with Crippen LogP contribution in [0.25, 0.3) is 11.1 Å². The first-order valence-corrected chi connectivity index (χ1v) is 12.1. The molecule has 0 spiro atoms. The second kappa shape index (κ2) is 9.69. The molecule has 3 aromatic carbocycles. The van der Waals surface area contributed by atoms with E-state index in [1.807, 2.05) is 30.3 Å². The van der Waals surface area contributed by atoms with Crippen molar-refractivity contribution in [2.45, 2.75) is 30.9 Å². The summed E-state index contributed by atoms with van der Waals surface area (Å²) in [6, 6.07) is 13.3. The van der Waals surface area contributed by atoms with Crippen LogP contribution < -0.4 is 20.5 Å². The highest BCUT2D eigenvalue weighted by molar-refractivity contribution is 6.34. The highest BCUT2D eigenvalue weighted by atomic mass is 35.5. The number of aliphatic hydroxyl groups excluding tert-OH is 1. The van der Waals surface area contributed by atoms with Crippen molar-refractivity contribution in [2.75, 3.05) is 19.8 Å². The Morgan fingerprint density at radius 1 is 1.22 bits per heavy atom. The fourth-order valence-corrected chi connectivity index (χ4v) is 5.56. The molecular formula is C27H25ClF2N2O4. The number of rotatable bonds is 7. The second-order valence-corrected chi connectivity index (χ2v) is 9.32. The zero-order chi connectivity index (χ0) is 25.4. The molecule has 0 aliphatic carbocycles. The average Bonchev–Trinajstić information content (AvgIpc) is 3.54. The number of aliphatic hydroxyl groups is 1. The first-order chi connectivity index (χ1) is 17.4. The minimum Gasteiger partial charge on any atom is -0.488 e. The molecule has 188 valence electrons. The monoisotopic (exact) mass is 514 g/mol. The van der Waals surface area contributed by atoms with Crippen molar-refractivity contribution in [1.82, 2.24) is 5.32 Å². The molecule has 2 aliphatic heterocycles. The fourth-order valence-electron chi connectivity index (χ4n) is 5.30. The standard InChI is InChI=1S/C27H25ClF2N2O4/c28-24-18(29)13-20-17(14-27(36-20,21-7-4-10-32-21)15-5-2-1-3-6-15)22(24)23-16(26(31)34)8-9-19(25(23)30)35-12-11-33/h1-3,5-6,8-9,13,21,32-33H,4,7,10-12,14H2,(H2,31,34)/t21?,27-/m0/s1. The maximum atomic E-state index is 15.9. The maximum Gasteiger partial charge on any atom is 0.249 e. The molecule has 5 rings (SSSR count). The van der Waals surface area contributed by atoms with E-state index in [0.717, 1.165) is 24.9 Å². The number of hydrogen-bond donors (Lipinski definition) is 3. The molecule has 3 aromatic rings. The SMILES string of the molecule is NC(=O)c1ccc(OCCO)c(F)c1-c1c(Cl)c(F)cc2c1C[C@](c1ccccc1)(C1CCCN1)O2. The highest BCUT2D eigenvalue weighted by Gasteiger charge is 2.50. The van der Waals surface area contributed by atoms with Gasteiger partial charge in [-0.2, -0.15) is 0 Å². The molecule has 0 saturated carbocycles. The molecule has 0 radical (unpaired) electrons. The lowest BCUT2D eigenvalue weighted by atomic mass is 9.80. The van der Waals surface area contributed by atoms with Crippen molar-refractivity contribution in [3.63, 3.8) is 0 Å². The van der Waals surface area contributed by atoms with E-state index in [1.54, 1.807) is 0 Å². The first-order valence-electron chi connectivity index (χ1n) is 11.7. The van der Waals surface area contributed by atoms with Gasteiger partial charge < -0.3 is 25.6 Å². The van der Waals surface area contributed by atoms with Gasteiger partial charge in [-0.1, -0.05) is 41.9 Å². The van der Waals surface area contributed by atoms with Crippen LogP contribution in [0.5, 0.6) is 11.5 Å². The quantitative estimate of drug-likeness (QED) is 0.436. The number of primary amides is 1. The minimum absolute atomic E-state index is 0.00298. The van der Waals surface area contributed by atoms with E-state index in [9.17, 15) is 4.79 Å². The topological polar surface area (TPSA) is 93.8 Å². The van der Waals surface area contributed by atoms with Gasteiger partial charge in [-0.15, -0.1) is 0 Å². The number of hydrogen-bond acceptors (Lipinski definition) is 5. The number of benzene rings is 3. The summed E-state index contributed by atoms with van der Waals surface area (Å²) in [6.45, 7) is 0.296. The minimum atomic E-state index is -0.925. The van der Waals surface area contributed by atoms with Crippen LogP contribution in [0, 0.1) is 11.6 Å². The molecule has 2 atom stereocenters. The Kier molecular flexibility index (Phi) is 6.59. The van der Waals surface area contributed by atoms with Crippen LogP contribution in [-0.4, -0.2) is 36.8 Å². The molecule has 1 unspecified atom stereocenters. The van der Waals surface area contributed by atoms with Gasteiger partial charge in [0.1, 0.15) is 18.2 Å². The number of fused-ring (bicyclic) bond motifs is 1. The zero-order valence-corrected chi connectivity index (χ0v) is 20.1. The number of halogens is 3. The Bertz CT molecular complexity index is 1320. The third kappa shape index (κ3) is 3.99. The van der Waals surface area contributed by atoms with Gasteiger partial charge in [0, 0.05) is 29.2 Å². The van der Waals surface area contributed by atoms with E-state index in [2.05, 4.69) is 5.32 Å². The van der Waals surface area contributed by atoms with Gasteiger partial charge in [-0.05, 0) is 37.1 Å². The smallest absolute Gasteiger partial charge is 0.249 e. The largest absolute Gasteiger partial charge is 0.488 e. The average molecular weight is 515 g/mol. The normalized spacial score (nSPS) is 20.7. The molecule has 4 N–H and O–H groups in total. The van der Waals surface area contributed by atoms with Crippen molar-refractivity contribution in [1.29, 1.82) is 0 Å². The summed E-state index contributed by atoms with van der Waals surface area (Å²) in [5.74, 6) is -2.64. The van der Waals surface area contributed by atoms with Crippen molar-refractivity contribution in [3.05, 3.63) is 81.9 Å². The van der Waals surface area contributed by atoms with Crippen LogP contribution in [0.2, 0.25) is 5.02 Å². The Balaban J connectivity index is 1.74. The summed E-state index contributed by atoms with van der Waals surface area (Å²) >= 11 is 6.47. The van der Waals surface area contributed by atoms with Crippen molar-refractivity contribution in [3.8, 4) is 22.6 Å². The molecule has 1 saturated heterocycles. The summed E-state index contributed by atoms with van der Waals surface area (Å²) < 4.78 is 42.9. The van der Waals surface area contributed by atoms with Crippen LogP contribution in [0.15, 0.2) is 48.5 Å². The van der Waals surface area contributed by atoms with E-state index in [0.29, 0.717) is 5.56 Å². The highest BCUT2D eigenvalue weighted by Crippen LogP contribution is 2.52. The third-order valence-electron chi connectivity index (χ3n) is 6.87. The Labute approximate surface area is 212 Å². The Morgan fingerprint density at radius 2 is 2.00 bits per heavy atom. The van der Waals surface area contributed by atoms with E-state index < -0.39 is 23.1 Å². The van der Waals surface area contributed by atoms with E-state index in [4.69, 9.17) is 31.9 Å². The molecule has 1 amide bonds. The maximum absolute atomic E-state index is 15.9. The van der Waals surface area contributed by atoms with Crippen LogP contribution in [0.3, 0.4) is 0 Å². The molecule has 6 nitrogen and oxygen atoms in total. The summed E-state index contributed by atoms with van der Waals surface area (Å²) in [4.78, 5) is 12.3. The number of carbonyl (C=O) groups is 1. The summed E-state index contributed by atoms with van der Waals surface area (Å²) in [6.07, 6.45) is 2.05. The van der Waals surface area contributed by atoms with Gasteiger partial charge in [-0.3, -0.25) is 4.79 Å². The molecular weight excluding hydrogens is 490 g/mol. The lowest BCUT2D eigenvalue weighted by molar-refractivity contribution is 0.0539. The Hall–Kier alpha value is -3.20. The lowest BCUT2D eigenvalue weighted by Crippen LogP contribution is -2.48. The summed E-state index contributed by atoms with van der Waals surface area (Å²) in [5, 5.41) is 12.3. The molecule has 0 bridgehead atoms. The van der Waals surface area contributed by atoms with Gasteiger partial charge in [0.15, 0.2) is 17.2 Å². The molecule has 36 heavy (non-hydrogen) atoms. The zero-order valence-electron chi connectivity index (χ0n) is 19.3. The van der Waals surface area contributed by atoms with E-state index in [-0.39, 0.29) is 58.9 Å². The molecule has 1 fully saturated rings. The van der Waals surface area contributed by atoms with E-state index in [1.165, 1.54) is 18.2 Å². The second-order valence-electron chi connectivity index (χ2n) is 8.94. The number of ether oxygens (including phenoxy) is 2. The van der Waals surface area contributed by atoms with Crippen LogP contribution in [0.1, 0.15) is 34.3 Å². The third-order valence-corrected chi connectivity index (χ3v) is 7.24. The van der Waals surface area contributed by atoms with E-state index >= 15 is 8.78 Å². The van der Waals surface area contributed by atoms with Crippen molar-refractivity contribution in [2.24, 2.45) is 5.73 Å². The predicted octanol–water partition coefficient (Wildman–Crippen LogP) is 4.34. The number of amides is 1. The number of carbonyl (C=O) groups excluding carboxylic acids is 1. The molecule has 2 aliphatic rings. The van der Waals surface area contributed by atoms with Gasteiger partial charge >= 0.3 is 0 Å². The van der Waals surface area contributed by atoms with Crippen LogP contribution in [-0.2, 0) is 12.0 Å². The van der Waals surface area contributed by atoms with Crippen molar-refractivity contribution >= 4 is 17.5 Å². The number of nitrogens with one attached hydrogen (secondary N) is 1. The molecule has 0 aromatic heterocycles. The van der Waals surface area contributed by atoms with Crippen molar-refractivity contribution < 1.29 is 28.2 Å². The van der Waals surface area contributed by atoms with Gasteiger partial charge in [0.2, 0.25) is 5.91 Å². The fraction of sp³-hybridized carbons (Fsp3) is 0.296. The van der Waals surface area contributed by atoms with Gasteiger partial charge in [0.25, 0.3) is 0 Å². The first kappa shape index (κ1) is 24.5. The predicted molar refractivity (Wildman–Crippen MR) is 131 cm³/mol. The summed E-state index contributed by atoms with van der Waals surface area (Å²) in [7, 11) is 0. The number of nitrogens with two attached hydrogens (primary N) is 1. The summed E-state index contributed by atoms with van der Waals surface area (Å²) in [5.41, 5.74) is 5.63. The van der Waals surface area contributed by atoms with Gasteiger partial charge in [0.05, 0.1) is 23.2 Å². The Morgan fingerprint density at radius 3 is 2.67 bits per heavy atom.